The lowest BCUT2D eigenvalue weighted by molar-refractivity contribution is 0.183. The Morgan fingerprint density at radius 3 is 2.76 bits per heavy atom. The van der Waals surface area contributed by atoms with Crippen molar-refractivity contribution in [2.45, 2.75) is 32.4 Å². The van der Waals surface area contributed by atoms with E-state index in [2.05, 4.69) is 14.9 Å². The monoisotopic (exact) mass is 236 g/mol. The second kappa shape index (κ2) is 5.42. The first-order valence-electron chi connectivity index (χ1n) is 6.02. The molecule has 0 radical (unpaired) electrons. The van der Waals surface area contributed by atoms with Crippen LogP contribution in [0, 0.1) is 6.92 Å². The van der Waals surface area contributed by atoms with Gasteiger partial charge in [0.2, 0.25) is 5.95 Å². The van der Waals surface area contributed by atoms with E-state index in [4.69, 9.17) is 10.5 Å². The highest BCUT2D eigenvalue weighted by atomic mass is 16.5. The van der Waals surface area contributed by atoms with Crippen molar-refractivity contribution < 1.29 is 4.74 Å². The molecular weight excluding hydrogens is 216 g/mol. The first-order valence-corrected chi connectivity index (χ1v) is 6.02. The molecule has 2 N–H and O–H groups in total. The van der Waals surface area contributed by atoms with Crippen molar-refractivity contribution in [3.8, 4) is 0 Å². The van der Waals surface area contributed by atoms with Gasteiger partial charge in [-0.2, -0.15) is 0 Å². The lowest BCUT2D eigenvalue weighted by Gasteiger charge is -2.30. The summed E-state index contributed by atoms with van der Waals surface area (Å²) in [5.74, 6) is 0.814. The fraction of sp³-hybridized carbons (Fsp3) is 0.667. The summed E-state index contributed by atoms with van der Waals surface area (Å²) in [6, 6.07) is 0.333. The maximum absolute atomic E-state index is 5.88. The molecule has 5 heteroatoms. The van der Waals surface area contributed by atoms with Crippen LogP contribution in [0.1, 0.15) is 24.1 Å². The molecule has 2 rings (SSSR count). The van der Waals surface area contributed by atoms with Gasteiger partial charge in [0.25, 0.3) is 0 Å². The van der Waals surface area contributed by atoms with E-state index in [1.807, 2.05) is 13.1 Å². The molecule has 2 heterocycles. The molecule has 0 saturated carbocycles. The third kappa shape index (κ3) is 2.92. The molecule has 0 aliphatic carbocycles. The highest BCUT2D eigenvalue weighted by molar-refractivity contribution is 5.33. The normalized spacial score (nSPS) is 17.5. The number of rotatable bonds is 3. The van der Waals surface area contributed by atoms with Crippen molar-refractivity contribution in [3.63, 3.8) is 0 Å². The molecule has 1 fully saturated rings. The molecule has 0 spiro atoms. The lowest BCUT2D eigenvalue weighted by atomic mass is 10.1. The van der Waals surface area contributed by atoms with E-state index in [1.54, 1.807) is 7.11 Å². The number of methoxy groups -OCH3 is 1. The Kier molecular flexibility index (Phi) is 3.91. The van der Waals surface area contributed by atoms with Crippen molar-refractivity contribution >= 4 is 5.95 Å². The molecule has 0 aromatic carbocycles. The van der Waals surface area contributed by atoms with Crippen molar-refractivity contribution in [2.75, 3.05) is 25.1 Å². The molecule has 0 atom stereocenters. The fourth-order valence-corrected chi connectivity index (χ4v) is 2.03. The third-order valence-electron chi connectivity index (χ3n) is 3.19. The number of nitrogens with zero attached hydrogens (tertiary/aromatic N) is 3. The third-order valence-corrected chi connectivity index (χ3v) is 3.19. The molecule has 17 heavy (non-hydrogen) atoms. The standard InChI is InChI=1S/C12H20N4O/c1-9-10(8-17-2)7-14-12(15-9)16-5-3-11(13)4-6-16/h7,11H,3-6,8,13H2,1-2H3. The number of hydrogen-bond acceptors (Lipinski definition) is 5. The van der Waals surface area contributed by atoms with Crippen LogP contribution in [0.3, 0.4) is 0 Å². The van der Waals surface area contributed by atoms with E-state index < -0.39 is 0 Å². The Morgan fingerprint density at radius 1 is 1.47 bits per heavy atom. The molecular formula is C12H20N4O. The highest BCUT2D eigenvalue weighted by Crippen LogP contribution is 2.16. The molecule has 0 bridgehead atoms. The summed E-state index contributed by atoms with van der Waals surface area (Å²) in [6.45, 7) is 4.46. The van der Waals surface area contributed by atoms with Gasteiger partial charge in [0.15, 0.2) is 0 Å². The van der Waals surface area contributed by atoms with Crippen LogP contribution < -0.4 is 10.6 Å². The van der Waals surface area contributed by atoms with Crippen LogP contribution in [0.2, 0.25) is 0 Å². The SMILES string of the molecule is COCc1cnc(N2CCC(N)CC2)nc1C. The van der Waals surface area contributed by atoms with Gasteiger partial charge < -0.3 is 15.4 Å². The Bertz CT molecular complexity index is 375. The van der Waals surface area contributed by atoms with Crippen LogP contribution >= 0.6 is 0 Å². The first-order chi connectivity index (χ1) is 8.20. The summed E-state index contributed by atoms with van der Waals surface area (Å²) < 4.78 is 5.10. The summed E-state index contributed by atoms with van der Waals surface area (Å²) in [5, 5.41) is 0. The van der Waals surface area contributed by atoms with E-state index in [9.17, 15) is 0 Å². The summed E-state index contributed by atoms with van der Waals surface area (Å²) in [5.41, 5.74) is 7.92. The molecule has 1 saturated heterocycles. The first kappa shape index (κ1) is 12.3. The van der Waals surface area contributed by atoms with E-state index in [0.717, 1.165) is 43.1 Å². The van der Waals surface area contributed by atoms with Crippen molar-refractivity contribution in [1.82, 2.24) is 9.97 Å². The molecule has 1 aliphatic heterocycles. The average Bonchev–Trinajstić information content (AvgIpc) is 2.33. The number of ether oxygens (including phenoxy) is 1. The van der Waals surface area contributed by atoms with Crippen molar-refractivity contribution in [1.29, 1.82) is 0 Å². The largest absolute Gasteiger partial charge is 0.380 e. The summed E-state index contributed by atoms with van der Waals surface area (Å²) in [4.78, 5) is 11.1. The zero-order valence-corrected chi connectivity index (χ0v) is 10.5. The smallest absolute Gasteiger partial charge is 0.225 e. The average molecular weight is 236 g/mol. The molecule has 1 aromatic heterocycles. The van der Waals surface area contributed by atoms with Gasteiger partial charge in [-0.05, 0) is 19.8 Å². The number of anilines is 1. The lowest BCUT2D eigenvalue weighted by Crippen LogP contribution is -2.40. The summed E-state index contributed by atoms with van der Waals surface area (Å²) in [6.07, 6.45) is 3.89. The van der Waals surface area contributed by atoms with E-state index in [-0.39, 0.29) is 0 Å². The minimum absolute atomic E-state index is 0.333. The molecule has 5 nitrogen and oxygen atoms in total. The van der Waals surface area contributed by atoms with Gasteiger partial charge >= 0.3 is 0 Å². The van der Waals surface area contributed by atoms with Crippen LogP contribution in [-0.4, -0.2) is 36.2 Å². The van der Waals surface area contributed by atoms with Crippen LogP contribution in [-0.2, 0) is 11.3 Å². The number of hydrogen-bond donors (Lipinski definition) is 1. The van der Waals surface area contributed by atoms with Gasteiger partial charge in [0.1, 0.15) is 0 Å². The molecule has 1 aliphatic rings. The Morgan fingerprint density at radius 2 is 2.18 bits per heavy atom. The molecule has 0 amide bonds. The predicted molar refractivity (Wildman–Crippen MR) is 66.9 cm³/mol. The number of aromatic nitrogens is 2. The Balaban J connectivity index is 2.09. The minimum Gasteiger partial charge on any atom is -0.380 e. The number of piperidine rings is 1. The number of nitrogens with two attached hydrogens (primary N) is 1. The summed E-state index contributed by atoms with van der Waals surface area (Å²) in [7, 11) is 1.68. The van der Waals surface area contributed by atoms with E-state index in [0.29, 0.717) is 12.6 Å². The summed E-state index contributed by atoms with van der Waals surface area (Å²) >= 11 is 0. The zero-order chi connectivity index (χ0) is 12.3. The molecule has 94 valence electrons. The number of aryl methyl sites for hydroxylation is 1. The van der Waals surface area contributed by atoms with Gasteiger partial charge in [-0.1, -0.05) is 0 Å². The minimum atomic E-state index is 0.333. The van der Waals surface area contributed by atoms with Crippen LogP contribution in [0.25, 0.3) is 0 Å². The van der Waals surface area contributed by atoms with Gasteiger partial charge in [-0.15, -0.1) is 0 Å². The van der Waals surface area contributed by atoms with Gasteiger partial charge in [0, 0.05) is 43.7 Å². The maximum Gasteiger partial charge on any atom is 0.225 e. The fourth-order valence-electron chi connectivity index (χ4n) is 2.03. The second-order valence-electron chi connectivity index (χ2n) is 4.54. The van der Waals surface area contributed by atoms with Gasteiger partial charge in [-0.3, -0.25) is 0 Å². The second-order valence-corrected chi connectivity index (χ2v) is 4.54. The van der Waals surface area contributed by atoms with Crippen LogP contribution in [0.4, 0.5) is 5.95 Å². The molecule has 0 unspecified atom stereocenters. The quantitative estimate of drug-likeness (QED) is 0.843. The van der Waals surface area contributed by atoms with Crippen LogP contribution in [0.5, 0.6) is 0 Å². The Labute approximate surface area is 102 Å². The highest BCUT2D eigenvalue weighted by Gasteiger charge is 2.18. The van der Waals surface area contributed by atoms with E-state index >= 15 is 0 Å². The van der Waals surface area contributed by atoms with Crippen molar-refractivity contribution in [3.05, 3.63) is 17.5 Å². The topological polar surface area (TPSA) is 64.3 Å². The van der Waals surface area contributed by atoms with Crippen molar-refractivity contribution in [2.24, 2.45) is 5.73 Å². The Hall–Kier alpha value is -1.20. The van der Waals surface area contributed by atoms with E-state index in [1.165, 1.54) is 0 Å². The van der Waals surface area contributed by atoms with Crippen LogP contribution in [0.15, 0.2) is 6.20 Å². The van der Waals surface area contributed by atoms with Gasteiger partial charge in [0.05, 0.1) is 6.61 Å². The zero-order valence-electron chi connectivity index (χ0n) is 10.5. The maximum atomic E-state index is 5.88. The molecule has 1 aromatic rings. The predicted octanol–water partition coefficient (Wildman–Crippen LogP) is 0.859. The van der Waals surface area contributed by atoms with Gasteiger partial charge in [-0.25, -0.2) is 9.97 Å².